The summed E-state index contributed by atoms with van der Waals surface area (Å²) in [6.07, 6.45) is -0.514. The molecule has 84 valence electrons. The standard InChI is InChI=1S/C11H17NO3/c1-14-8-9(13)7-12-10-5-3-4-6-11(10)15-2/h3-6,9,12-13H,7-8H2,1-2H3. The van der Waals surface area contributed by atoms with Crippen LogP contribution in [0, 0.1) is 0 Å². The molecule has 0 aliphatic carbocycles. The molecule has 0 spiro atoms. The highest BCUT2D eigenvalue weighted by Gasteiger charge is 2.05. The van der Waals surface area contributed by atoms with E-state index >= 15 is 0 Å². The van der Waals surface area contributed by atoms with Crippen molar-refractivity contribution in [2.75, 3.05) is 32.7 Å². The summed E-state index contributed by atoms with van der Waals surface area (Å²) >= 11 is 0. The van der Waals surface area contributed by atoms with Crippen molar-refractivity contribution < 1.29 is 14.6 Å². The van der Waals surface area contributed by atoms with Crippen LogP contribution in [0.15, 0.2) is 24.3 Å². The zero-order chi connectivity index (χ0) is 11.1. The molecule has 4 nitrogen and oxygen atoms in total. The first-order valence-electron chi connectivity index (χ1n) is 4.81. The Hall–Kier alpha value is -1.26. The Morgan fingerprint density at radius 3 is 2.73 bits per heavy atom. The van der Waals surface area contributed by atoms with Gasteiger partial charge in [-0.05, 0) is 12.1 Å². The minimum atomic E-state index is -0.514. The van der Waals surface area contributed by atoms with E-state index in [9.17, 15) is 5.11 Å². The third kappa shape index (κ3) is 3.77. The van der Waals surface area contributed by atoms with E-state index in [1.807, 2.05) is 24.3 Å². The topological polar surface area (TPSA) is 50.7 Å². The molecule has 0 heterocycles. The van der Waals surface area contributed by atoms with Gasteiger partial charge in [-0.3, -0.25) is 0 Å². The lowest BCUT2D eigenvalue weighted by molar-refractivity contribution is 0.0727. The van der Waals surface area contributed by atoms with Crippen molar-refractivity contribution >= 4 is 5.69 Å². The largest absolute Gasteiger partial charge is 0.495 e. The van der Waals surface area contributed by atoms with Crippen LogP contribution in [0.25, 0.3) is 0 Å². The molecule has 4 heteroatoms. The second-order valence-electron chi connectivity index (χ2n) is 3.19. The van der Waals surface area contributed by atoms with E-state index in [1.165, 1.54) is 0 Å². The Morgan fingerprint density at radius 2 is 2.07 bits per heavy atom. The lowest BCUT2D eigenvalue weighted by Gasteiger charge is -2.14. The van der Waals surface area contributed by atoms with Crippen molar-refractivity contribution in [3.63, 3.8) is 0 Å². The van der Waals surface area contributed by atoms with Crippen molar-refractivity contribution in [3.8, 4) is 5.75 Å². The van der Waals surface area contributed by atoms with Crippen molar-refractivity contribution in [2.45, 2.75) is 6.10 Å². The minimum Gasteiger partial charge on any atom is -0.495 e. The number of aliphatic hydroxyl groups is 1. The molecule has 0 fully saturated rings. The molecule has 0 saturated carbocycles. The van der Waals surface area contributed by atoms with Crippen LogP contribution in [0.2, 0.25) is 0 Å². The Labute approximate surface area is 89.8 Å². The first kappa shape index (κ1) is 11.8. The maximum absolute atomic E-state index is 9.45. The van der Waals surface area contributed by atoms with E-state index < -0.39 is 6.10 Å². The number of para-hydroxylation sites is 2. The maximum atomic E-state index is 9.45. The first-order chi connectivity index (χ1) is 7.27. The number of anilines is 1. The van der Waals surface area contributed by atoms with Gasteiger partial charge in [0.15, 0.2) is 0 Å². The van der Waals surface area contributed by atoms with Gasteiger partial charge in [0.05, 0.1) is 25.5 Å². The van der Waals surface area contributed by atoms with Gasteiger partial charge in [-0.1, -0.05) is 12.1 Å². The van der Waals surface area contributed by atoms with Gasteiger partial charge in [-0.15, -0.1) is 0 Å². The van der Waals surface area contributed by atoms with E-state index in [0.717, 1.165) is 11.4 Å². The SMILES string of the molecule is COCC(O)CNc1ccccc1OC. The number of benzene rings is 1. The average Bonchev–Trinajstić information content (AvgIpc) is 2.27. The summed E-state index contributed by atoms with van der Waals surface area (Å²) in [6.45, 7) is 0.760. The third-order valence-electron chi connectivity index (χ3n) is 1.99. The van der Waals surface area contributed by atoms with Crippen LogP contribution in [0.5, 0.6) is 5.75 Å². The lowest BCUT2D eigenvalue weighted by Crippen LogP contribution is -2.24. The van der Waals surface area contributed by atoms with Crippen LogP contribution in [-0.2, 0) is 4.74 Å². The number of aliphatic hydroxyl groups excluding tert-OH is 1. The third-order valence-corrected chi connectivity index (χ3v) is 1.99. The van der Waals surface area contributed by atoms with Crippen LogP contribution in [-0.4, -0.2) is 38.6 Å². The number of nitrogens with one attached hydrogen (secondary N) is 1. The number of ether oxygens (including phenoxy) is 2. The van der Waals surface area contributed by atoms with Gasteiger partial charge < -0.3 is 19.9 Å². The molecule has 2 N–H and O–H groups in total. The van der Waals surface area contributed by atoms with E-state index in [0.29, 0.717) is 13.2 Å². The van der Waals surface area contributed by atoms with Crippen LogP contribution in [0.4, 0.5) is 5.69 Å². The molecule has 0 saturated heterocycles. The highest BCUT2D eigenvalue weighted by Crippen LogP contribution is 2.22. The normalized spacial score (nSPS) is 12.2. The fourth-order valence-electron chi connectivity index (χ4n) is 1.27. The van der Waals surface area contributed by atoms with Gasteiger partial charge in [0.1, 0.15) is 5.75 Å². The molecule has 1 aromatic carbocycles. The molecule has 15 heavy (non-hydrogen) atoms. The number of hydrogen-bond donors (Lipinski definition) is 2. The Kier molecular flexibility index (Phi) is 4.93. The van der Waals surface area contributed by atoms with E-state index in [2.05, 4.69) is 5.32 Å². The van der Waals surface area contributed by atoms with Crippen LogP contribution >= 0.6 is 0 Å². The van der Waals surface area contributed by atoms with Gasteiger partial charge in [0.25, 0.3) is 0 Å². The molecule has 0 radical (unpaired) electrons. The highest BCUT2D eigenvalue weighted by molar-refractivity contribution is 5.56. The zero-order valence-electron chi connectivity index (χ0n) is 9.06. The monoisotopic (exact) mass is 211 g/mol. The molecular weight excluding hydrogens is 194 g/mol. The van der Waals surface area contributed by atoms with Crippen molar-refractivity contribution in [2.24, 2.45) is 0 Å². The van der Waals surface area contributed by atoms with Crippen LogP contribution in [0.3, 0.4) is 0 Å². The summed E-state index contributed by atoms with van der Waals surface area (Å²) in [6, 6.07) is 7.58. The molecular formula is C11H17NO3. The Balaban J connectivity index is 2.49. The molecule has 0 aliphatic heterocycles. The Bertz CT molecular complexity index is 291. The first-order valence-corrected chi connectivity index (χ1v) is 4.81. The summed E-state index contributed by atoms with van der Waals surface area (Å²) in [5.41, 5.74) is 0.871. The fourth-order valence-corrected chi connectivity index (χ4v) is 1.27. The molecule has 1 rings (SSSR count). The second kappa shape index (κ2) is 6.27. The number of methoxy groups -OCH3 is 2. The van der Waals surface area contributed by atoms with Gasteiger partial charge in [-0.2, -0.15) is 0 Å². The highest BCUT2D eigenvalue weighted by atomic mass is 16.5. The van der Waals surface area contributed by atoms with Gasteiger partial charge in [0.2, 0.25) is 0 Å². The quantitative estimate of drug-likeness (QED) is 0.740. The van der Waals surface area contributed by atoms with Crippen LogP contribution < -0.4 is 10.1 Å². The number of hydrogen-bond acceptors (Lipinski definition) is 4. The summed E-state index contributed by atoms with van der Waals surface area (Å²) in [4.78, 5) is 0. The predicted octanol–water partition coefficient (Wildman–Crippen LogP) is 1.11. The summed E-state index contributed by atoms with van der Waals surface area (Å²) in [7, 11) is 3.18. The zero-order valence-corrected chi connectivity index (χ0v) is 9.06. The van der Waals surface area contributed by atoms with Crippen molar-refractivity contribution in [3.05, 3.63) is 24.3 Å². The molecule has 1 unspecified atom stereocenters. The van der Waals surface area contributed by atoms with Crippen LogP contribution in [0.1, 0.15) is 0 Å². The van der Waals surface area contributed by atoms with Gasteiger partial charge in [-0.25, -0.2) is 0 Å². The molecule has 0 aromatic heterocycles. The minimum absolute atomic E-state index is 0.322. The van der Waals surface area contributed by atoms with Gasteiger partial charge >= 0.3 is 0 Å². The smallest absolute Gasteiger partial charge is 0.141 e. The van der Waals surface area contributed by atoms with Crippen molar-refractivity contribution in [1.29, 1.82) is 0 Å². The van der Waals surface area contributed by atoms with E-state index in [1.54, 1.807) is 14.2 Å². The summed E-state index contributed by atoms with van der Waals surface area (Å²) in [5.74, 6) is 0.766. The molecule has 0 amide bonds. The second-order valence-corrected chi connectivity index (χ2v) is 3.19. The van der Waals surface area contributed by atoms with E-state index in [4.69, 9.17) is 9.47 Å². The summed E-state index contributed by atoms with van der Waals surface area (Å²) < 4.78 is 9.99. The van der Waals surface area contributed by atoms with E-state index in [-0.39, 0.29) is 0 Å². The molecule has 1 atom stereocenters. The Morgan fingerprint density at radius 1 is 1.33 bits per heavy atom. The molecule has 0 aliphatic rings. The maximum Gasteiger partial charge on any atom is 0.141 e. The van der Waals surface area contributed by atoms with Gasteiger partial charge in [0, 0.05) is 13.7 Å². The lowest BCUT2D eigenvalue weighted by atomic mass is 10.2. The predicted molar refractivity (Wildman–Crippen MR) is 59.4 cm³/mol. The van der Waals surface area contributed by atoms with Crippen molar-refractivity contribution in [1.82, 2.24) is 0 Å². The molecule has 0 bridgehead atoms. The average molecular weight is 211 g/mol. The number of rotatable bonds is 6. The fraction of sp³-hybridized carbons (Fsp3) is 0.455. The summed E-state index contributed by atoms with van der Waals surface area (Å²) in [5, 5.41) is 12.5. The molecule has 1 aromatic rings.